The Morgan fingerprint density at radius 2 is 1.67 bits per heavy atom. The van der Waals surface area contributed by atoms with Gasteiger partial charge in [0.05, 0.1) is 22.4 Å². The standard InChI is InChI=1S/C20H18ClN3O6/c21-13-4-2-1-3-12(13)18(27)23-22-14(25)9-30-15(26)8-24-19(28)16-10-5-6-11(7-10)17(16)20(24)29/h1-6,10-11,16-17H,7-9H2,(H,22,25)(H,23,27)/t10-,11-,16-,17-/m0/s1. The first-order valence-electron chi connectivity index (χ1n) is 9.39. The summed E-state index contributed by atoms with van der Waals surface area (Å²) in [6.45, 7) is -1.22. The number of nitrogens with zero attached hydrogens (tertiary/aromatic N) is 1. The summed E-state index contributed by atoms with van der Waals surface area (Å²) in [5.41, 5.74) is 4.41. The minimum absolute atomic E-state index is 0.0463. The molecule has 4 rings (SSSR count). The van der Waals surface area contributed by atoms with Crippen LogP contribution in [-0.2, 0) is 23.9 Å². The molecule has 1 saturated carbocycles. The van der Waals surface area contributed by atoms with Gasteiger partial charge in [-0.15, -0.1) is 0 Å². The van der Waals surface area contributed by atoms with Crippen molar-refractivity contribution in [2.45, 2.75) is 6.42 Å². The molecule has 156 valence electrons. The van der Waals surface area contributed by atoms with E-state index in [2.05, 4.69) is 10.9 Å². The van der Waals surface area contributed by atoms with E-state index in [1.54, 1.807) is 12.1 Å². The Bertz CT molecular complexity index is 947. The van der Waals surface area contributed by atoms with Crippen LogP contribution in [0.4, 0.5) is 0 Å². The first-order valence-corrected chi connectivity index (χ1v) is 9.77. The van der Waals surface area contributed by atoms with E-state index in [9.17, 15) is 24.0 Å². The summed E-state index contributed by atoms with van der Waals surface area (Å²) in [5.74, 6) is -3.75. The Hall–Kier alpha value is -3.20. The second-order valence-corrected chi connectivity index (χ2v) is 7.81. The van der Waals surface area contributed by atoms with Crippen molar-refractivity contribution in [3.63, 3.8) is 0 Å². The summed E-state index contributed by atoms with van der Waals surface area (Å²) < 4.78 is 4.83. The van der Waals surface area contributed by atoms with Crippen LogP contribution in [0, 0.1) is 23.7 Å². The number of carbonyl (C=O) groups excluding carboxylic acids is 5. The molecule has 0 aromatic heterocycles. The number of amides is 4. The summed E-state index contributed by atoms with van der Waals surface area (Å²) >= 11 is 5.89. The topological polar surface area (TPSA) is 122 Å². The van der Waals surface area contributed by atoms with Gasteiger partial charge in [0.15, 0.2) is 6.61 Å². The molecule has 2 bridgehead atoms. The van der Waals surface area contributed by atoms with E-state index < -0.39 is 42.8 Å². The molecule has 2 aliphatic carbocycles. The molecular weight excluding hydrogens is 414 g/mol. The molecule has 1 saturated heterocycles. The lowest BCUT2D eigenvalue weighted by atomic mass is 9.85. The third-order valence-corrected chi connectivity index (χ3v) is 5.98. The third kappa shape index (κ3) is 3.56. The molecule has 3 aliphatic rings. The van der Waals surface area contributed by atoms with E-state index in [0.29, 0.717) is 0 Å². The van der Waals surface area contributed by atoms with Gasteiger partial charge >= 0.3 is 5.97 Å². The quantitative estimate of drug-likeness (QED) is 0.302. The number of likely N-dealkylation sites (tertiary alicyclic amines) is 1. The van der Waals surface area contributed by atoms with Crippen molar-refractivity contribution in [2.24, 2.45) is 23.7 Å². The van der Waals surface area contributed by atoms with Gasteiger partial charge in [-0.3, -0.25) is 39.7 Å². The van der Waals surface area contributed by atoms with E-state index in [-0.39, 0.29) is 34.2 Å². The van der Waals surface area contributed by atoms with Gasteiger partial charge in [-0.2, -0.15) is 0 Å². The summed E-state index contributed by atoms with van der Waals surface area (Å²) in [5, 5.41) is 0.212. The molecule has 0 radical (unpaired) electrons. The van der Waals surface area contributed by atoms with Crippen molar-refractivity contribution < 1.29 is 28.7 Å². The number of imide groups is 1. The molecular formula is C20H18ClN3O6. The minimum atomic E-state index is -0.885. The summed E-state index contributed by atoms with van der Waals surface area (Å²) in [4.78, 5) is 61.8. The maximum Gasteiger partial charge on any atom is 0.326 e. The number of hydrazine groups is 1. The van der Waals surface area contributed by atoms with Crippen LogP contribution in [0.15, 0.2) is 36.4 Å². The Morgan fingerprint density at radius 3 is 2.30 bits per heavy atom. The van der Waals surface area contributed by atoms with E-state index in [4.69, 9.17) is 16.3 Å². The van der Waals surface area contributed by atoms with Gasteiger partial charge in [0.1, 0.15) is 6.54 Å². The van der Waals surface area contributed by atoms with E-state index in [1.807, 2.05) is 12.2 Å². The van der Waals surface area contributed by atoms with Gasteiger partial charge in [-0.25, -0.2) is 0 Å². The zero-order chi connectivity index (χ0) is 21.4. The fourth-order valence-electron chi connectivity index (χ4n) is 4.32. The third-order valence-electron chi connectivity index (χ3n) is 5.65. The van der Waals surface area contributed by atoms with Crippen LogP contribution in [0.5, 0.6) is 0 Å². The van der Waals surface area contributed by atoms with Crippen LogP contribution in [0.2, 0.25) is 5.02 Å². The van der Waals surface area contributed by atoms with Crippen LogP contribution >= 0.6 is 11.6 Å². The molecule has 1 heterocycles. The largest absolute Gasteiger partial charge is 0.454 e. The lowest BCUT2D eigenvalue weighted by molar-refractivity contribution is -0.155. The number of nitrogens with one attached hydrogen (secondary N) is 2. The highest BCUT2D eigenvalue weighted by molar-refractivity contribution is 6.33. The van der Waals surface area contributed by atoms with E-state index in [0.717, 1.165) is 11.3 Å². The molecule has 9 nitrogen and oxygen atoms in total. The molecule has 2 N–H and O–H groups in total. The number of esters is 1. The van der Waals surface area contributed by atoms with Crippen LogP contribution in [-0.4, -0.2) is 47.6 Å². The smallest absolute Gasteiger partial charge is 0.326 e. The molecule has 10 heteroatoms. The Morgan fingerprint density at radius 1 is 1.03 bits per heavy atom. The van der Waals surface area contributed by atoms with E-state index in [1.165, 1.54) is 12.1 Å². The summed E-state index contributed by atoms with van der Waals surface area (Å²) in [6.07, 6.45) is 4.71. The zero-order valence-corrected chi connectivity index (χ0v) is 16.4. The molecule has 2 fully saturated rings. The van der Waals surface area contributed by atoms with Gasteiger partial charge in [0.25, 0.3) is 11.8 Å². The Balaban J connectivity index is 1.23. The van der Waals surface area contributed by atoms with Crippen molar-refractivity contribution in [3.8, 4) is 0 Å². The molecule has 4 atom stereocenters. The maximum atomic E-state index is 12.5. The highest BCUT2D eigenvalue weighted by Gasteiger charge is 2.59. The van der Waals surface area contributed by atoms with Crippen LogP contribution in [0.1, 0.15) is 16.8 Å². The van der Waals surface area contributed by atoms with Crippen molar-refractivity contribution in [2.75, 3.05) is 13.2 Å². The number of carbonyl (C=O) groups is 5. The first-order chi connectivity index (χ1) is 14.4. The number of rotatable bonds is 5. The molecule has 30 heavy (non-hydrogen) atoms. The van der Waals surface area contributed by atoms with Gasteiger partial charge in [0.2, 0.25) is 11.8 Å². The predicted octanol–water partition coefficient (Wildman–Crippen LogP) is 0.451. The van der Waals surface area contributed by atoms with Crippen molar-refractivity contribution in [1.29, 1.82) is 0 Å². The average molecular weight is 432 g/mol. The van der Waals surface area contributed by atoms with Crippen molar-refractivity contribution in [3.05, 3.63) is 47.0 Å². The molecule has 0 unspecified atom stereocenters. The Kier molecular flexibility index (Phi) is 5.29. The maximum absolute atomic E-state index is 12.5. The molecule has 1 aliphatic heterocycles. The molecule has 1 aromatic carbocycles. The number of ether oxygens (including phenoxy) is 1. The number of fused-ring (bicyclic) bond motifs is 5. The number of allylic oxidation sites excluding steroid dienone is 2. The monoisotopic (exact) mass is 431 g/mol. The summed E-state index contributed by atoms with van der Waals surface area (Å²) in [7, 11) is 0. The van der Waals surface area contributed by atoms with Gasteiger partial charge in [-0.05, 0) is 30.4 Å². The molecule has 4 amide bonds. The highest BCUT2D eigenvalue weighted by atomic mass is 35.5. The van der Waals surface area contributed by atoms with Crippen molar-refractivity contribution >= 4 is 41.2 Å². The normalized spacial score (nSPS) is 26.0. The number of benzene rings is 1. The van der Waals surface area contributed by atoms with Crippen LogP contribution in [0.3, 0.4) is 0 Å². The summed E-state index contributed by atoms with van der Waals surface area (Å²) in [6, 6.07) is 6.27. The number of halogens is 1. The van der Waals surface area contributed by atoms with Crippen molar-refractivity contribution in [1.82, 2.24) is 15.8 Å². The SMILES string of the molecule is O=C(COC(=O)CN1C(=O)[C@@H]2[C@@H](C1=O)[C@H]1C=C[C@H]2C1)NNC(=O)c1ccccc1Cl. The second kappa shape index (κ2) is 7.91. The minimum Gasteiger partial charge on any atom is -0.454 e. The zero-order valence-electron chi connectivity index (χ0n) is 15.7. The predicted molar refractivity (Wildman–Crippen MR) is 102 cm³/mol. The number of hydrogen-bond acceptors (Lipinski definition) is 6. The lowest BCUT2D eigenvalue weighted by Crippen LogP contribution is -2.44. The molecule has 0 spiro atoms. The second-order valence-electron chi connectivity index (χ2n) is 7.41. The van der Waals surface area contributed by atoms with E-state index >= 15 is 0 Å². The highest BCUT2D eigenvalue weighted by Crippen LogP contribution is 2.52. The average Bonchev–Trinajstić information content (AvgIpc) is 3.41. The lowest BCUT2D eigenvalue weighted by Gasteiger charge is -2.16. The number of hydrogen-bond donors (Lipinski definition) is 2. The van der Waals surface area contributed by atoms with Gasteiger partial charge in [0, 0.05) is 0 Å². The van der Waals surface area contributed by atoms with Crippen LogP contribution in [0.25, 0.3) is 0 Å². The fourth-order valence-corrected chi connectivity index (χ4v) is 4.54. The fraction of sp³-hybridized carbons (Fsp3) is 0.350. The first kappa shape index (κ1) is 20.1. The molecule has 1 aromatic rings. The van der Waals surface area contributed by atoms with Gasteiger partial charge in [-0.1, -0.05) is 35.9 Å². The van der Waals surface area contributed by atoms with Gasteiger partial charge < -0.3 is 4.74 Å². The Labute approximate surface area is 176 Å². The van der Waals surface area contributed by atoms with Crippen LogP contribution < -0.4 is 10.9 Å².